The van der Waals surface area contributed by atoms with E-state index < -0.39 is 32.8 Å². The van der Waals surface area contributed by atoms with Crippen LogP contribution in [0.3, 0.4) is 0 Å². The van der Waals surface area contributed by atoms with Crippen molar-refractivity contribution in [1.29, 1.82) is 0 Å². The Labute approximate surface area is 117 Å². The molecule has 2 unspecified atom stereocenters. The van der Waals surface area contributed by atoms with Crippen LogP contribution in [0.4, 0.5) is 5.69 Å². The summed E-state index contributed by atoms with van der Waals surface area (Å²) in [4.78, 5) is 28.0. The summed E-state index contributed by atoms with van der Waals surface area (Å²) in [5, 5.41) is 0. The highest BCUT2D eigenvalue weighted by molar-refractivity contribution is 7.75. The second-order valence-corrected chi connectivity index (χ2v) is 5.52. The van der Waals surface area contributed by atoms with Crippen molar-refractivity contribution in [2.75, 3.05) is 0 Å². The molecule has 6 heteroatoms. The minimum atomic E-state index is -2.71. The van der Waals surface area contributed by atoms with Gasteiger partial charge in [-0.2, -0.15) is 8.42 Å². The fraction of sp³-hybridized carbons (Fsp3) is 0.286. The molecule has 1 aromatic carbocycles. The van der Waals surface area contributed by atoms with E-state index in [2.05, 4.69) is 4.99 Å². The van der Waals surface area contributed by atoms with Gasteiger partial charge in [0.15, 0.2) is 0 Å². The monoisotopic (exact) mass is 291 g/mol. The number of aliphatic imine (C=N–C) groups is 1. The van der Waals surface area contributed by atoms with Crippen LogP contribution in [-0.4, -0.2) is 30.6 Å². The molecular formula is C14H13NO4S. The van der Waals surface area contributed by atoms with Crippen molar-refractivity contribution in [3.63, 3.8) is 0 Å². The van der Waals surface area contributed by atoms with Crippen LogP contribution in [0.5, 0.6) is 0 Å². The molecule has 0 N–H and O–H groups in total. The van der Waals surface area contributed by atoms with Crippen LogP contribution in [0.15, 0.2) is 35.3 Å². The van der Waals surface area contributed by atoms with Crippen molar-refractivity contribution in [2.45, 2.75) is 13.8 Å². The van der Waals surface area contributed by atoms with Gasteiger partial charge in [0, 0.05) is 0 Å². The van der Waals surface area contributed by atoms with E-state index in [-0.39, 0.29) is 11.5 Å². The van der Waals surface area contributed by atoms with Gasteiger partial charge < -0.3 is 0 Å². The first-order chi connectivity index (χ1) is 9.43. The molecule has 104 valence electrons. The highest BCUT2D eigenvalue weighted by Gasteiger charge is 2.41. The molecule has 1 aromatic rings. The van der Waals surface area contributed by atoms with Gasteiger partial charge in [0.05, 0.1) is 23.2 Å². The van der Waals surface area contributed by atoms with E-state index >= 15 is 0 Å². The Balaban J connectivity index is 2.59. The van der Waals surface area contributed by atoms with Crippen molar-refractivity contribution in [2.24, 2.45) is 16.8 Å². The van der Waals surface area contributed by atoms with Crippen LogP contribution < -0.4 is 0 Å². The molecular weight excluding hydrogens is 278 g/mol. The Morgan fingerprint density at radius 1 is 1.00 bits per heavy atom. The van der Waals surface area contributed by atoms with E-state index in [9.17, 15) is 18.0 Å². The number of hydrogen-bond acceptors (Lipinski definition) is 5. The van der Waals surface area contributed by atoms with E-state index in [0.717, 1.165) is 0 Å². The molecule has 20 heavy (non-hydrogen) atoms. The number of rotatable bonds is 1. The van der Waals surface area contributed by atoms with Crippen molar-refractivity contribution >= 4 is 38.1 Å². The number of nitrogens with zero attached hydrogens (tertiary/aromatic N) is 1. The normalized spacial score (nSPS) is 25.1. The topological polar surface area (TPSA) is 80.6 Å². The van der Waals surface area contributed by atoms with Gasteiger partial charge in [0.2, 0.25) is 16.1 Å². The first-order valence-electron chi connectivity index (χ1n) is 6.11. The third-order valence-electron chi connectivity index (χ3n) is 3.30. The Bertz CT molecular complexity index is 724. The molecule has 1 saturated carbocycles. The Hall–Kier alpha value is -2.08. The van der Waals surface area contributed by atoms with Crippen LogP contribution in [0.2, 0.25) is 0 Å². The Morgan fingerprint density at radius 3 is 2.15 bits per heavy atom. The number of para-hydroxylation sites is 1. The summed E-state index contributed by atoms with van der Waals surface area (Å²) in [6.07, 6.45) is 0. The van der Waals surface area contributed by atoms with Gasteiger partial charge in [-0.1, -0.05) is 25.1 Å². The lowest BCUT2D eigenvalue weighted by atomic mass is 9.79. The molecule has 0 spiro atoms. The maximum absolute atomic E-state index is 12.2. The smallest absolute Gasteiger partial charge is 0.222 e. The number of carbonyl (C=O) groups excluding carboxylic acids is 2. The Morgan fingerprint density at radius 2 is 1.60 bits per heavy atom. The second kappa shape index (κ2) is 5.50. The van der Waals surface area contributed by atoms with Crippen molar-refractivity contribution in [3.8, 4) is 0 Å². The minimum Gasteiger partial charge on any atom is -0.298 e. The summed E-state index contributed by atoms with van der Waals surface area (Å²) in [5.74, 6) is -2.59. The van der Waals surface area contributed by atoms with Crippen molar-refractivity contribution < 1.29 is 18.0 Å². The van der Waals surface area contributed by atoms with Gasteiger partial charge in [-0.05, 0) is 19.1 Å². The maximum atomic E-state index is 12.2. The summed E-state index contributed by atoms with van der Waals surface area (Å²) < 4.78 is 22.3. The lowest BCUT2D eigenvalue weighted by molar-refractivity contribution is -0.124. The molecule has 1 fully saturated rings. The minimum absolute atomic E-state index is 0.0153. The van der Waals surface area contributed by atoms with Crippen LogP contribution in [0, 0.1) is 11.8 Å². The van der Waals surface area contributed by atoms with E-state index in [1.807, 2.05) is 0 Å². The molecule has 2 rings (SSSR count). The number of hydrogen-bond donors (Lipinski definition) is 0. The zero-order valence-electron chi connectivity index (χ0n) is 11.0. The zero-order valence-corrected chi connectivity index (χ0v) is 11.8. The third kappa shape index (κ3) is 2.46. The lowest BCUT2D eigenvalue weighted by Crippen LogP contribution is -2.46. The average Bonchev–Trinajstić information content (AvgIpc) is 2.42. The number of Topliss-reactive ketones (excluding diaryl/α,β-unsaturated/α-hetero) is 2. The molecule has 0 saturated heterocycles. The Kier molecular flexibility index (Phi) is 3.94. The van der Waals surface area contributed by atoms with Gasteiger partial charge in [0.25, 0.3) is 0 Å². The van der Waals surface area contributed by atoms with E-state index in [1.54, 1.807) is 37.3 Å². The number of ketones is 2. The molecule has 0 bridgehead atoms. The average molecular weight is 291 g/mol. The van der Waals surface area contributed by atoms with Crippen LogP contribution in [0.25, 0.3) is 0 Å². The predicted molar refractivity (Wildman–Crippen MR) is 75.8 cm³/mol. The van der Waals surface area contributed by atoms with Crippen LogP contribution in [0.1, 0.15) is 13.8 Å². The molecule has 0 amide bonds. The zero-order chi connectivity index (χ0) is 14.9. The van der Waals surface area contributed by atoms with Gasteiger partial charge >= 0.3 is 0 Å². The van der Waals surface area contributed by atoms with E-state index in [0.29, 0.717) is 5.69 Å². The molecule has 0 aromatic heterocycles. The van der Waals surface area contributed by atoms with E-state index in [1.165, 1.54) is 6.92 Å². The molecule has 0 aliphatic heterocycles. The lowest BCUT2D eigenvalue weighted by Gasteiger charge is -2.23. The van der Waals surface area contributed by atoms with Gasteiger partial charge in [-0.3, -0.25) is 9.59 Å². The maximum Gasteiger partial charge on any atom is 0.222 e. The SMILES string of the molecule is CC1C(=O)C(C)C(=S(=O)=O)C(=O)C1=Nc1ccccc1. The van der Waals surface area contributed by atoms with Gasteiger partial charge in [-0.25, -0.2) is 4.99 Å². The van der Waals surface area contributed by atoms with Crippen molar-refractivity contribution in [1.82, 2.24) is 0 Å². The largest absolute Gasteiger partial charge is 0.298 e. The number of benzene rings is 1. The molecule has 0 heterocycles. The summed E-state index contributed by atoms with van der Waals surface area (Å²) in [7, 11) is -2.71. The molecule has 1 aliphatic rings. The van der Waals surface area contributed by atoms with Crippen LogP contribution >= 0.6 is 0 Å². The van der Waals surface area contributed by atoms with Crippen molar-refractivity contribution in [3.05, 3.63) is 30.3 Å². The second-order valence-electron chi connectivity index (χ2n) is 4.61. The van der Waals surface area contributed by atoms with Gasteiger partial charge in [-0.15, -0.1) is 0 Å². The molecule has 1 aliphatic carbocycles. The van der Waals surface area contributed by atoms with E-state index in [4.69, 9.17) is 0 Å². The highest BCUT2D eigenvalue weighted by atomic mass is 32.2. The predicted octanol–water partition coefficient (Wildman–Crippen LogP) is 1.23. The number of carbonyl (C=O) groups is 2. The first-order valence-corrected chi connectivity index (χ1v) is 7.19. The summed E-state index contributed by atoms with van der Waals surface area (Å²) in [5.41, 5.74) is 0.500. The third-order valence-corrected chi connectivity index (χ3v) is 4.20. The quantitative estimate of drug-likeness (QED) is 0.729. The molecule has 5 nitrogen and oxygen atoms in total. The first kappa shape index (κ1) is 14.3. The summed E-state index contributed by atoms with van der Waals surface area (Å²) >= 11 is 0. The molecule has 0 radical (unpaired) electrons. The van der Waals surface area contributed by atoms with Gasteiger partial charge in [0.1, 0.15) is 10.6 Å². The fourth-order valence-corrected chi connectivity index (χ4v) is 2.83. The highest BCUT2D eigenvalue weighted by Crippen LogP contribution is 2.22. The standard InChI is InChI=1S/C14H13NO4S/c1-8-11(15-10-6-4-3-5-7-10)13(17)14(20(18)19)9(2)12(8)16/h3-9H,1-2H3. The van der Waals surface area contributed by atoms with Crippen LogP contribution in [-0.2, 0) is 19.9 Å². The molecule has 2 atom stereocenters. The summed E-state index contributed by atoms with van der Waals surface area (Å²) in [6, 6.07) is 8.66. The summed E-state index contributed by atoms with van der Waals surface area (Å²) in [6.45, 7) is 3.00. The fourth-order valence-electron chi connectivity index (χ4n) is 2.17.